The Labute approximate surface area is 182 Å². The van der Waals surface area contributed by atoms with E-state index in [0.29, 0.717) is 16.3 Å². The van der Waals surface area contributed by atoms with Gasteiger partial charge in [-0.25, -0.2) is 4.79 Å². The number of anilines is 1. The van der Waals surface area contributed by atoms with Crippen LogP contribution < -0.4 is 5.32 Å². The van der Waals surface area contributed by atoms with Crippen molar-refractivity contribution in [2.45, 2.75) is 6.92 Å². The number of halogens is 1. The van der Waals surface area contributed by atoms with Gasteiger partial charge in [0.25, 0.3) is 5.91 Å². The van der Waals surface area contributed by atoms with E-state index in [1.54, 1.807) is 49.4 Å². The van der Waals surface area contributed by atoms with Gasteiger partial charge in [0.15, 0.2) is 18.2 Å². The summed E-state index contributed by atoms with van der Waals surface area (Å²) in [5, 5.41) is 3.18. The topological polar surface area (TPSA) is 89.5 Å². The maximum Gasteiger partial charge on any atom is 0.339 e. The Bertz CT molecular complexity index is 1260. The van der Waals surface area contributed by atoms with Crippen LogP contribution in [0, 0.1) is 6.92 Å². The third kappa shape index (κ3) is 3.85. The fraction of sp³-hybridized carbons (Fsp3) is 0.0833. The minimum Gasteiger partial charge on any atom is -0.452 e. The highest BCUT2D eigenvalue weighted by atomic mass is 35.5. The van der Waals surface area contributed by atoms with Crippen LogP contribution in [0.2, 0.25) is 5.02 Å². The van der Waals surface area contributed by atoms with Gasteiger partial charge in [-0.15, -0.1) is 0 Å². The molecule has 4 rings (SSSR count). The predicted octanol–water partition coefficient (Wildman–Crippen LogP) is 4.22. The van der Waals surface area contributed by atoms with Gasteiger partial charge in [-0.2, -0.15) is 0 Å². The highest BCUT2D eigenvalue weighted by Gasteiger charge is 2.33. The van der Waals surface area contributed by atoms with Crippen LogP contribution in [0.5, 0.6) is 0 Å². The van der Waals surface area contributed by atoms with E-state index in [-0.39, 0.29) is 28.0 Å². The number of amides is 1. The second-order valence-electron chi connectivity index (χ2n) is 7.02. The van der Waals surface area contributed by atoms with E-state index in [0.717, 1.165) is 5.56 Å². The van der Waals surface area contributed by atoms with Crippen LogP contribution >= 0.6 is 11.6 Å². The molecule has 0 atom stereocenters. The van der Waals surface area contributed by atoms with Crippen LogP contribution in [0.3, 0.4) is 0 Å². The Morgan fingerprint density at radius 2 is 1.58 bits per heavy atom. The Morgan fingerprint density at radius 3 is 2.29 bits per heavy atom. The van der Waals surface area contributed by atoms with Gasteiger partial charge >= 0.3 is 5.97 Å². The summed E-state index contributed by atoms with van der Waals surface area (Å²) in [4.78, 5) is 50.6. The van der Waals surface area contributed by atoms with Gasteiger partial charge in [-0.3, -0.25) is 14.4 Å². The number of carbonyl (C=O) groups is 4. The van der Waals surface area contributed by atoms with Gasteiger partial charge in [0.1, 0.15) is 0 Å². The molecule has 0 saturated carbocycles. The Morgan fingerprint density at radius 1 is 0.903 bits per heavy atom. The number of aryl methyl sites for hydroxylation is 1. The maximum absolute atomic E-state index is 13.0. The van der Waals surface area contributed by atoms with Crippen LogP contribution in [0.25, 0.3) is 0 Å². The van der Waals surface area contributed by atoms with Gasteiger partial charge in [0, 0.05) is 33.0 Å². The smallest absolute Gasteiger partial charge is 0.339 e. The van der Waals surface area contributed by atoms with Crippen molar-refractivity contribution in [2.24, 2.45) is 0 Å². The average Bonchev–Trinajstić information content (AvgIpc) is 2.77. The van der Waals surface area contributed by atoms with E-state index in [4.69, 9.17) is 16.3 Å². The summed E-state index contributed by atoms with van der Waals surface area (Å²) in [6, 6.07) is 15.8. The number of benzene rings is 3. The zero-order chi connectivity index (χ0) is 22.1. The molecule has 0 heterocycles. The van der Waals surface area contributed by atoms with E-state index in [9.17, 15) is 19.2 Å². The second-order valence-corrected chi connectivity index (χ2v) is 7.45. The van der Waals surface area contributed by atoms with Crippen molar-refractivity contribution in [1.82, 2.24) is 0 Å². The second kappa shape index (κ2) is 8.16. The molecule has 1 N–H and O–H groups in total. The molecule has 3 aromatic rings. The SMILES string of the molecule is Cc1cc(Cl)ccc1NC(=O)COC(=O)c1cccc2c1C(=O)c1ccccc1C2=O. The standard InChI is InChI=1S/C24H16ClNO5/c1-13-11-14(25)9-10-19(13)26-20(27)12-31-24(30)18-8-4-7-17-21(18)23(29)16-6-3-2-5-15(16)22(17)28/h2-11H,12H2,1H3,(H,26,27). The molecule has 0 unspecified atom stereocenters. The lowest BCUT2D eigenvalue weighted by molar-refractivity contribution is -0.119. The number of nitrogens with one attached hydrogen (secondary N) is 1. The van der Waals surface area contributed by atoms with Crippen molar-refractivity contribution < 1.29 is 23.9 Å². The summed E-state index contributed by atoms with van der Waals surface area (Å²) in [7, 11) is 0. The van der Waals surface area contributed by atoms with Gasteiger partial charge in [-0.1, -0.05) is 48.0 Å². The molecule has 6 nitrogen and oxygen atoms in total. The number of carbonyl (C=O) groups excluding carboxylic acids is 4. The largest absolute Gasteiger partial charge is 0.452 e. The quantitative estimate of drug-likeness (QED) is 0.487. The van der Waals surface area contributed by atoms with Crippen molar-refractivity contribution in [2.75, 3.05) is 11.9 Å². The number of ether oxygens (including phenoxy) is 1. The fourth-order valence-electron chi connectivity index (χ4n) is 3.48. The summed E-state index contributed by atoms with van der Waals surface area (Å²) in [5.41, 5.74) is 1.90. The zero-order valence-corrected chi connectivity index (χ0v) is 17.2. The van der Waals surface area contributed by atoms with E-state index in [1.165, 1.54) is 18.2 Å². The molecule has 1 aliphatic carbocycles. The first-order chi connectivity index (χ1) is 14.9. The van der Waals surface area contributed by atoms with Gasteiger partial charge in [-0.05, 0) is 36.8 Å². The molecule has 154 valence electrons. The van der Waals surface area contributed by atoms with Crippen molar-refractivity contribution in [1.29, 1.82) is 0 Å². The molecule has 0 aromatic heterocycles. The summed E-state index contributed by atoms with van der Waals surface area (Å²) >= 11 is 5.90. The lowest BCUT2D eigenvalue weighted by atomic mass is 9.82. The first-order valence-electron chi connectivity index (χ1n) is 9.41. The summed E-state index contributed by atoms with van der Waals surface area (Å²) in [5.74, 6) is -2.17. The normalized spacial score (nSPS) is 12.1. The molecule has 1 amide bonds. The monoisotopic (exact) mass is 433 g/mol. The predicted molar refractivity (Wildman–Crippen MR) is 115 cm³/mol. The Kier molecular flexibility index (Phi) is 5.40. The number of fused-ring (bicyclic) bond motifs is 2. The average molecular weight is 434 g/mol. The number of rotatable bonds is 4. The van der Waals surface area contributed by atoms with Gasteiger partial charge in [0.05, 0.1) is 5.56 Å². The zero-order valence-electron chi connectivity index (χ0n) is 16.4. The molecule has 3 aromatic carbocycles. The first-order valence-corrected chi connectivity index (χ1v) is 9.79. The fourth-order valence-corrected chi connectivity index (χ4v) is 3.70. The number of hydrogen-bond donors (Lipinski definition) is 1. The van der Waals surface area contributed by atoms with E-state index in [1.807, 2.05) is 0 Å². The lowest BCUT2D eigenvalue weighted by Gasteiger charge is -2.19. The molecule has 31 heavy (non-hydrogen) atoms. The lowest BCUT2D eigenvalue weighted by Crippen LogP contribution is -2.26. The molecule has 7 heteroatoms. The molecule has 0 bridgehead atoms. The number of esters is 1. The van der Waals surface area contributed by atoms with Crippen LogP contribution in [0.1, 0.15) is 47.8 Å². The Hall–Kier alpha value is -3.77. The maximum atomic E-state index is 13.0. The first kappa shape index (κ1) is 20.5. The van der Waals surface area contributed by atoms with Crippen molar-refractivity contribution >= 4 is 40.7 Å². The molecule has 1 aliphatic rings. The minimum absolute atomic E-state index is 0.00912. The summed E-state index contributed by atoms with van der Waals surface area (Å²) in [6.07, 6.45) is 0. The molecular weight excluding hydrogens is 418 g/mol. The van der Waals surface area contributed by atoms with Gasteiger partial charge in [0.2, 0.25) is 0 Å². The van der Waals surface area contributed by atoms with E-state index >= 15 is 0 Å². The molecular formula is C24H16ClNO5. The third-order valence-electron chi connectivity index (χ3n) is 4.97. The van der Waals surface area contributed by atoms with Crippen LogP contribution in [0.4, 0.5) is 5.69 Å². The van der Waals surface area contributed by atoms with Crippen LogP contribution in [-0.4, -0.2) is 30.0 Å². The van der Waals surface area contributed by atoms with Crippen LogP contribution in [0.15, 0.2) is 60.7 Å². The van der Waals surface area contributed by atoms with Crippen LogP contribution in [-0.2, 0) is 9.53 Å². The highest BCUT2D eigenvalue weighted by molar-refractivity contribution is 6.31. The number of hydrogen-bond acceptors (Lipinski definition) is 5. The molecule has 0 aliphatic heterocycles. The molecule has 0 spiro atoms. The molecule has 0 saturated heterocycles. The number of ketones is 2. The third-order valence-corrected chi connectivity index (χ3v) is 5.20. The van der Waals surface area contributed by atoms with E-state index in [2.05, 4.69) is 5.32 Å². The van der Waals surface area contributed by atoms with Crippen molar-refractivity contribution in [3.8, 4) is 0 Å². The highest BCUT2D eigenvalue weighted by Crippen LogP contribution is 2.29. The van der Waals surface area contributed by atoms with Gasteiger partial charge < -0.3 is 10.1 Å². The summed E-state index contributed by atoms with van der Waals surface area (Å²) < 4.78 is 5.12. The minimum atomic E-state index is -0.861. The van der Waals surface area contributed by atoms with Crippen molar-refractivity contribution in [3.05, 3.63) is 99.1 Å². The molecule has 0 radical (unpaired) electrons. The Balaban J connectivity index is 1.53. The molecule has 0 fully saturated rings. The van der Waals surface area contributed by atoms with Crippen molar-refractivity contribution in [3.63, 3.8) is 0 Å². The summed E-state index contributed by atoms with van der Waals surface area (Å²) in [6.45, 7) is 1.23. The van der Waals surface area contributed by atoms with E-state index < -0.39 is 24.3 Å².